The molecule has 0 aromatic carbocycles. The van der Waals surface area contributed by atoms with Crippen molar-refractivity contribution < 1.29 is 13.0 Å². The Morgan fingerprint density at radius 2 is 2.00 bits per heavy atom. The van der Waals surface area contributed by atoms with Gasteiger partial charge >= 0.3 is 0 Å². The van der Waals surface area contributed by atoms with Crippen LogP contribution in [0.5, 0.6) is 0 Å². The van der Waals surface area contributed by atoms with Gasteiger partial charge < -0.3 is 0 Å². The highest BCUT2D eigenvalue weighted by Gasteiger charge is 2.14. The van der Waals surface area contributed by atoms with Crippen LogP contribution in [0.2, 0.25) is 0 Å². The second-order valence-corrected chi connectivity index (χ2v) is 3.13. The minimum atomic E-state index is -3.84. The van der Waals surface area contributed by atoms with Gasteiger partial charge in [0.05, 0.1) is 12.3 Å². The van der Waals surface area contributed by atoms with Crippen LogP contribution in [-0.2, 0) is 10.1 Å². The summed E-state index contributed by atoms with van der Waals surface area (Å²) in [5.74, 6) is -0.319. The zero-order valence-electron chi connectivity index (χ0n) is 4.43. The molecule has 0 saturated heterocycles. The van der Waals surface area contributed by atoms with Crippen molar-refractivity contribution in [1.29, 1.82) is 0 Å². The molecule has 9 heavy (non-hydrogen) atoms. The van der Waals surface area contributed by atoms with E-state index < -0.39 is 10.1 Å². The maximum absolute atomic E-state index is 10.0. The standard InChI is InChI=1S/C2H5N3O3S/c6-9(7,8)2-1-5-3-4-5/h1-2H2,(H,6,7,8). The largest absolute Gasteiger partial charge is 0.285 e. The third-order valence-corrected chi connectivity index (χ3v) is 1.46. The van der Waals surface area contributed by atoms with Crippen molar-refractivity contribution in [2.45, 2.75) is 0 Å². The molecule has 0 aromatic heterocycles. The van der Waals surface area contributed by atoms with E-state index in [-0.39, 0.29) is 12.3 Å². The van der Waals surface area contributed by atoms with Gasteiger partial charge in [0.15, 0.2) is 0 Å². The lowest BCUT2D eigenvalue weighted by Gasteiger charge is -1.92. The van der Waals surface area contributed by atoms with Gasteiger partial charge in [0.1, 0.15) is 0 Å². The molecule has 0 bridgehead atoms. The van der Waals surface area contributed by atoms with Crippen LogP contribution in [0, 0.1) is 0 Å². The second-order valence-electron chi connectivity index (χ2n) is 1.56. The van der Waals surface area contributed by atoms with Crippen molar-refractivity contribution in [3.8, 4) is 0 Å². The summed E-state index contributed by atoms with van der Waals surface area (Å²) in [4.78, 5) is 0. The van der Waals surface area contributed by atoms with Crippen molar-refractivity contribution in [3.05, 3.63) is 0 Å². The molecule has 6 nitrogen and oxygen atoms in total. The van der Waals surface area contributed by atoms with Gasteiger partial charge in [0.2, 0.25) is 0 Å². The predicted octanol–water partition coefficient (Wildman–Crippen LogP) is -0.528. The highest BCUT2D eigenvalue weighted by Crippen LogP contribution is 2.05. The fourth-order valence-corrected chi connectivity index (χ4v) is 0.709. The van der Waals surface area contributed by atoms with Gasteiger partial charge in [-0.3, -0.25) is 4.55 Å². The minimum absolute atomic E-state index is 0.138. The number of hydrogen-bond acceptors (Lipinski definition) is 5. The SMILES string of the molecule is O=S(=O)(O)CCN1N=N1. The van der Waals surface area contributed by atoms with Gasteiger partial charge in [0.25, 0.3) is 10.1 Å². The van der Waals surface area contributed by atoms with Crippen molar-refractivity contribution >= 4 is 10.1 Å². The maximum atomic E-state index is 10.0. The molecular formula is C2H5N3O3S. The van der Waals surface area contributed by atoms with Crippen LogP contribution in [0.4, 0.5) is 0 Å². The molecule has 0 saturated carbocycles. The Morgan fingerprint density at radius 1 is 1.44 bits per heavy atom. The van der Waals surface area contributed by atoms with E-state index in [0.717, 1.165) is 0 Å². The summed E-state index contributed by atoms with van der Waals surface area (Å²) in [7, 11) is -3.84. The van der Waals surface area contributed by atoms with E-state index in [0.29, 0.717) is 0 Å². The fraction of sp³-hybridized carbons (Fsp3) is 1.00. The number of rotatable bonds is 3. The first-order chi connectivity index (χ1) is 4.08. The Bertz CT molecular complexity index is 213. The molecule has 7 heteroatoms. The highest BCUT2D eigenvalue weighted by atomic mass is 32.2. The van der Waals surface area contributed by atoms with Gasteiger partial charge in [-0.25, -0.2) is 0 Å². The van der Waals surface area contributed by atoms with Crippen LogP contribution < -0.4 is 0 Å². The van der Waals surface area contributed by atoms with Gasteiger partial charge in [0, 0.05) is 0 Å². The lowest BCUT2D eigenvalue weighted by molar-refractivity contribution is 0.457. The molecule has 1 N–H and O–H groups in total. The second kappa shape index (κ2) is 1.92. The van der Waals surface area contributed by atoms with Crippen LogP contribution in [0.3, 0.4) is 0 Å². The lowest BCUT2D eigenvalue weighted by atomic mass is 10.8. The monoisotopic (exact) mass is 151 g/mol. The van der Waals surface area contributed by atoms with Gasteiger partial charge in [-0.2, -0.15) is 8.42 Å². The molecular weight excluding hydrogens is 146 g/mol. The first-order valence-electron chi connectivity index (χ1n) is 2.22. The molecule has 0 amide bonds. The minimum Gasteiger partial charge on any atom is -0.285 e. The summed E-state index contributed by atoms with van der Waals surface area (Å²) in [5.41, 5.74) is 0. The molecule has 1 aliphatic rings. The lowest BCUT2D eigenvalue weighted by Crippen LogP contribution is -2.13. The zero-order valence-corrected chi connectivity index (χ0v) is 5.24. The summed E-state index contributed by atoms with van der Waals surface area (Å²) in [6, 6.07) is 0. The third kappa shape index (κ3) is 2.98. The number of nitrogens with zero attached hydrogens (tertiary/aromatic N) is 3. The van der Waals surface area contributed by atoms with E-state index in [9.17, 15) is 8.42 Å². The Labute approximate surface area is 51.9 Å². The first-order valence-corrected chi connectivity index (χ1v) is 3.83. The van der Waals surface area contributed by atoms with Crippen molar-refractivity contribution in [3.63, 3.8) is 0 Å². The smallest absolute Gasteiger partial charge is 0.266 e. The molecule has 0 fully saturated rings. The molecule has 1 aliphatic heterocycles. The highest BCUT2D eigenvalue weighted by molar-refractivity contribution is 7.85. The Balaban J connectivity index is 2.18. The summed E-state index contributed by atoms with van der Waals surface area (Å²) in [5, 5.41) is 7.76. The number of hydrogen-bond donors (Lipinski definition) is 1. The molecule has 0 aliphatic carbocycles. The first kappa shape index (κ1) is 6.43. The average Bonchev–Trinajstić information content (AvgIpc) is 2.38. The van der Waals surface area contributed by atoms with Crippen LogP contribution in [-0.4, -0.2) is 30.4 Å². The molecule has 0 aromatic rings. The quantitative estimate of drug-likeness (QED) is 0.550. The molecule has 0 atom stereocenters. The molecule has 52 valence electrons. The van der Waals surface area contributed by atoms with Crippen LogP contribution in [0.25, 0.3) is 0 Å². The summed E-state index contributed by atoms with van der Waals surface area (Å²) >= 11 is 0. The molecule has 0 spiro atoms. The Morgan fingerprint density at radius 3 is 2.33 bits per heavy atom. The fourth-order valence-electron chi connectivity index (χ4n) is 0.315. The molecule has 0 radical (unpaired) electrons. The Hall–Kier alpha value is -0.690. The average molecular weight is 151 g/mol. The summed E-state index contributed by atoms with van der Waals surface area (Å²) < 4.78 is 28.2. The third-order valence-electron chi connectivity index (χ3n) is 0.765. The molecule has 1 rings (SSSR count). The van der Waals surface area contributed by atoms with Gasteiger partial charge in [-0.1, -0.05) is 0 Å². The van der Waals surface area contributed by atoms with E-state index in [1.807, 2.05) is 0 Å². The predicted molar refractivity (Wildman–Crippen MR) is 28.0 cm³/mol. The van der Waals surface area contributed by atoms with E-state index in [2.05, 4.69) is 10.4 Å². The summed E-state index contributed by atoms with van der Waals surface area (Å²) in [6.07, 6.45) is 0. The Kier molecular flexibility index (Phi) is 1.37. The van der Waals surface area contributed by atoms with Crippen LogP contribution in [0.15, 0.2) is 10.4 Å². The zero-order chi connectivity index (χ0) is 6.91. The van der Waals surface area contributed by atoms with Crippen LogP contribution in [0.1, 0.15) is 0 Å². The normalized spacial score (nSPS) is 16.3. The van der Waals surface area contributed by atoms with E-state index >= 15 is 0 Å². The van der Waals surface area contributed by atoms with Gasteiger partial charge in [-0.05, 0) is 10.4 Å². The van der Waals surface area contributed by atoms with E-state index in [1.165, 1.54) is 5.12 Å². The van der Waals surface area contributed by atoms with E-state index in [4.69, 9.17) is 4.55 Å². The van der Waals surface area contributed by atoms with Crippen molar-refractivity contribution in [2.24, 2.45) is 10.4 Å². The van der Waals surface area contributed by atoms with Crippen molar-refractivity contribution in [1.82, 2.24) is 5.12 Å². The molecule has 1 heterocycles. The van der Waals surface area contributed by atoms with Crippen LogP contribution >= 0.6 is 0 Å². The summed E-state index contributed by atoms with van der Waals surface area (Å²) in [6.45, 7) is 0.138. The van der Waals surface area contributed by atoms with E-state index in [1.54, 1.807) is 0 Å². The van der Waals surface area contributed by atoms with Gasteiger partial charge in [-0.15, -0.1) is 5.12 Å². The molecule has 0 unspecified atom stereocenters. The maximum Gasteiger partial charge on any atom is 0.266 e. The topological polar surface area (TPSA) is 82.1 Å². The van der Waals surface area contributed by atoms with Crippen molar-refractivity contribution in [2.75, 3.05) is 12.3 Å².